The van der Waals surface area contributed by atoms with E-state index >= 15 is 0 Å². The summed E-state index contributed by atoms with van der Waals surface area (Å²) in [6, 6.07) is 19.9. The zero-order chi connectivity index (χ0) is 27.7. The number of hydrogen-bond donors (Lipinski definition) is 2. The molecular formula is C29H29Br2N3O4. The third kappa shape index (κ3) is 6.45. The Kier molecular flexibility index (Phi) is 7.99. The van der Waals surface area contributed by atoms with Crippen molar-refractivity contribution < 1.29 is 19.1 Å². The molecule has 0 aromatic heterocycles. The van der Waals surface area contributed by atoms with E-state index in [9.17, 15) is 14.4 Å². The van der Waals surface area contributed by atoms with Gasteiger partial charge in [-0.25, -0.2) is 4.79 Å². The average molecular weight is 643 g/mol. The third-order valence-corrected chi connectivity index (χ3v) is 7.23. The van der Waals surface area contributed by atoms with E-state index in [1.54, 1.807) is 47.4 Å². The Morgan fingerprint density at radius 3 is 1.97 bits per heavy atom. The summed E-state index contributed by atoms with van der Waals surface area (Å²) in [6.07, 6.45) is -0.423. The number of likely N-dealkylation sites (tertiary alicyclic amines) is 1. The van der Waals surface area contributed by atoms with Gasteiger partial charge >= 0.3 is 6.09 Å². The van der Waals surface area contributed by atoms with Gasteiger partial charge in [-0.05, 0) is 87.4 Å². The number of hydrogen-bond acceptors (Lipinski definition) is 4. The molecule has 9 heteroatoms. The summed E-state index contributed by atoms with van der Waals surface area (Å²) in [5.74, 6) is -0.576. The Bertz CT molecular complexity index is 1360. The molecule has 0 atom stereocenters. The molecule has 0 radical (unpaired) electrons. The van der Waals surface area contributed by atoms with Crippen LogP contribution in [-0.2, 0) is 10.3 Å². The van der Waals surface area contributed by atoms with Gasteiger partial charge in [0.05, 0.1) is 13.1 Å². The Morgan fingerprint density at radius 2 is 1.39 bits per heavy atom. The van der Waals surface area contributed by atoms with E-state index in [2.05, 4.69) is 42.5 Å². The molecule has 7 nitrogen and oxygen atoms in total. The Morgan fingerprint density at radius 1 is 0.842 bits per heavy atom. The predicted octanol–water partition coefficient (Wildman–Crippen LogP) is 6.65. The van der Waals surface area contributed by atoms with Crippen molar-refractivity contribution in [1.29, 1.82) is 0 Å². The molecule has 0 spiro atoms. The average Bonchev–Trinajstić information content (AvgIpc) is 2.82. The number of carbonyl (C=O) groups is 3. The van der Waals surface area contributed by atoms with Crippen molar-refractivity contribution in [3.63, 3.8) is 0 Å². The zero-order valence-electron chi connectivity index (χ0n) is 21.6. The monoisotopic (exact) mass is 641 g/mol. The van der Waals surface area contributed by atoms with E-state index in [0.29, 0.717) is 16.8 Å². The zero-order valence-corrected chi connectivity index (χ0v) is 24.8. The Balaban J connectivity index is 1.54. The quantitative estimate of drug-likeness (QED) is 0.326. The number of carbonyl (C=O) groups excluding carboxylic acids is 3. The van der Waals surface area contributed by atoms with Gasteiger partial charge in [-0.2, -0.15) is 0 Å². The number of ether oxygens (including phenoxy) is 1. The molecule has 0 saturated carbocycles. The number of nitrogens with one attached hydrogen (secondary N) is 2. The lowest BCUT2D eigenvalue weighted by atomic mass is 9.82. The molecule has 1 aliphatic rings. The number of benzene rings is 3. The minimum atomic E-state index is -0.777. The van der Waals surface area contributed by atoms with Gasteiger partial charge in [0.15, 0.2) is 0 Å². The van der Waals surface area contributed by atoms with Crippen LogP contribution in [0, 0.1) is 6.92 Å². The summed E-state index contributed by atoms with van der Waals surface area (Å²) >= 11 is 6.82. The van der Waals surface area contributed by atoms with Gasteiger partial charge in [0.1, 0.15) is 11.1 Å². The third-order valence-electron chi connectivity index (χ3n) is 6.18. The normalized spacial score (nSPS) is 14.3. The van der Waals surface area contributed by atoms with Crippen LogP contribution in [0.25, 0.3) is 0 Å². The summed E-state index contributed by atoms with van der Waals surface area (Å²) in [4.78, 5) is 40.5. The molecule has 0 aliphatic carbocycles. The first kappa shape index (κ1) is 27.9. The number of amides is 3. The molecule has 1 saturated heterocycles. The van der Waals surface area contributed by atoms with Crippen LogP contribution in [0.4, 0.5) is 10.5 Å². The fourth-order valence-electron chi connectivity index (χ4n) is 4.15. The molecule has 3 aromatic rings. The molecule has 0 unspecified atom stereocenters. The van der Waals surface area contributed by atoms with Crippen molar-refractivity contribution in [3.8, 4) is 0 Å². The van der Waals surface area contributed by atoms with Crippen molar-refractivity contribution in [2.75, 3.05) is 18.4 Å². The SMILES string of the molecule is Cc1ccc(C(=O)NC2(c3ccc(Br)cc3)CN(C(=O)OC(C)(C)C)C2)cc1NC(=O)c1ccc(Br)cc1. The summed E-state index contributed by atoms with van der Waals surface area (Å²) in [5.41, 5.74) is 1.77. The maximum absolute atomic E-state index is 13.5. The van der Waals surface area contributed by atoms with Crippen molar-refractivity contribution >= 4 is 55.5 Å². The summed E-state index contributed by atoms with van der Waals surface area (Å²) in [6.45, 7) is 7.87. The summed E-state index contributed by atoms with van der Waals surface area (Å²) in [7, 11) is 0. The lowest BCUT2D eigenvalue weighted by molar-refractivity contribution is -0.0168. The van der Waals surface area contributed by atoms with E-state index < -0.39 is 17.2 Å². The highest BCUT2D eigenvalue weighted by atomic mass is 79.9. The van der Waals surface area contributed by atoms with Gasteiger partial charge in [-0.15, -0.1) is 0 Å². The highest BCUT2D eigenvalue weighted by Gasteiger charge is 2.49. The number of anilines is 1. The van der Waals surface area contributed by atoms with Crippen LogP contribution < -0.4 is 10.6 Å². The van der Waals surface area contributed by atoms with Gasteiger partial charge in [-0.3, -0.25) is 9.59 Å². The second-order valence-corrected chi connectivity index (χ2v) is 12.2. The van der Waals surface area contributed by atoms with Crippen LogP contribution >= 0.6 is 31.9 Å². The van der Waals surface area contributed by atoms with Crippen LogP contribution in [0.2, 0.25) is 0 Å². The molecule has 3 amide bonds. The molecular weight excluding hydrogens is 614 g/mol. The summed E-state index contributed by atoms with van der Waals surface area (Å²) < 4.78 is 7.30. The van der Waals surface area contributed by atoms with Crippen molar-refractivity contribution in [2.45, 2.75) is 38.8 Å². The lowest BCUT2D eigenvalue weighted by Crippen LogP contribution is -2.69. The standard InChI is InChI=1S/C29H29Br2N3O4/c1-18-5-6-20(15-24(18)32-25(35)19-7-11-22(30)12-8-19)26(36)33-29(21-9-13-23(31)14-10-21)16-34(17-29)27(37)38-28(2,3)4/h5-15H,16-17H2,1-4H3,(H,32,35)(H,33,36). The Labute approximate surface area is 239 Å². The van der Waals surface area contributed by atoms with Crippen LogP contribution in [0.15, 0.2) is 75.7 Å². The Hall–Kier alpha value is -3.17. The van der Waals surface area contributed by atoms with Crippen molar-refractivity contribution in [1.82, 2.24) is 10.2 Å². The maximum atomic E-state index is 13.5. The fourth-order valence-corrected chi connectivity index (χ4v) is 4.68. The first-order valence-electron chi connectivity index (χ1n) is 12.1. The van der Waals surface area contributed by atoms with E-state index in [1.807, 2.05) is 52.0 Å². The van der Waals surface area contributed by atoms with E-state index in [0.717, 1.165) is 20.1 Å². The van der Waals surface area contributed by atoms with Gasteiger partial charge in [0, 0.05) is 25.8 Å². The van der Waals surface area contributed by atoms with E-state index in [-0.39, 0.29) is 24.9 Å². The molecule has 1 heterocycles. The highest BCUT2D eigenvalue weighted by Crippen LogP contribution is 2.34. The molecule has 3 aromatic carbocycles. The second kappa shape index (κ2) is 10.9. The van der Waals surface area contributed by atoms with Gasteiger partial charge in [0.2, 0.25) is 0 Å². The molecule has 0 bridgehead atoms. The molecule has 2 N–H and O–H groups in total. The smallest absolute Gasteiger partial charge is 0.410 e. The van der Waals surface area contributed by atoms with Crippen LogP contribution in [0.3, 0.4) is 0 Å². The first-order valence-corrected chi connectivity index (χ1v) is 13.7. The van der Waals surface area contributed by atoms with Crippen molar-refractivity contribution in [2.24, 2.45) is 0 Å². The molecule has 4 rings (SSSR count). The predicted molar refractivity (Wildman–Crippen MR) is 154 cm³/mol. The van der Waals surface area contributed by atoms with Crippen LogP contribution in [-0.4, -0.2) is 41.5 Å². The topological polar surface area (TPSA) is 87.7 Å². The minimum absolute atomic E-state index is 0.267. The highest BCUT2D eigenvalue weighted by molar-refractivity contribution is 9.10. The van der Waals surface area contributed by atoms with E-state index in [1.165, 1.54) is 0 Å². The van der Waals surface area contributed by atoms with Crippen LogP contribution in [0.5, 0.6) is 0 Å². The number of rotatable bonds is 5. The van der Waals surface area contributed by atoms with Gasteiger partial charge in [-0.1, -0.05) is 50.1 Å². The van der Waals surface area contributed by atoms with Gasteiger partial charge in [0.25, 0.3) is 11.8 Å². The fraction of sp³-hybridized carbons (Fsp3) is 0.276. The van der Waals surface area contributed by atoms with E-state index in [4.69, 9.17) is 4.74 Å². The minimum Gasteiger partial charge on any atom is -0.444 e. The molecule has 1 fully saturated rings. The summed E-state index contributed by atoms with van der Waals surface area (Å²) in [5, 5.41) is 6.05. The largest absolute Gasteiger partial charge is 0.444 e. The number of halogens is 2. The van der Waals surface area contributed by atoms with Gasteiger partial charge < -0.3 is 20.3 Å². The maximum Gasteiger partial charge on any atom is 0.410 e. The molecule has 38 heavy (non-hydrogen) atoms. The molecule has 1 aliphatic heterocycles. The second-order valence-electron chi connectivity index (χ2n) is 10.4. The lowest BCUT2D eigenvalue weighted by Gasteiger charge is -2.50. The number of nitrogens with zero attached hydrogens (tertiary/aromatic N) is 1. The first-order chi connectivity index (χ1) is 17.8. The van der Waals surface area contributed by atoms with Crippen molar-refractivity contribution in [3.05, 3.63) is 97.9 Å². The number of aryl methyl sites for hydroxylation is 1. The van der Waals surface area contributed by atoms with Crippen LogP contribution in [0.1, 0.15) is 52.6 Å². The molecule has 198 valence electrons.